The van der Waals surface area contributed by atoms with Crippen LogP contribution in [0.4, 0.5) is 0 Å². The van der Waals surface area contributed by atoms with Gasteiger partial charge in [-0.2, -0.15) is 5.10 Å². The van der Waals surface area contributed by atoms with Gasteiger partial charge in [-0.3, -0.25) is 0 Å². The minimum absolute atomic E-state index is 0.0162. The maximum absolute atomic E-state index is 11.0. The number of hydrogen-bond donors (Lipinski definition) is 1. The number of hydrogen-bond acceptors (Lipinski definition) is 4. The van der Waals surface area contributed by atoms with E-state index in [2.05, 4.69) is 15.1 Å². The third-order valence-electron chi connectivity index (χ3n) is 3.70. The average Bonchev–Trinajstić information content (AvgIpc) is 3.00. The van der Waals surface area contributed by atoms with Crippen LogP contribution >= 0.6 is 0 Å². The third-order valence-corrected chi connectivity index (χ3v) is 3.70. The summed E-state index contributed by atoms with van der Waals surface area (Å²) in [5.41, 5.74) is 3.75. The van der Waals surface area contributed by atoms with Crippen LogP contribution in [-0.4, -0.2) is 30.8 Å². The number of carboxylic acid groups (broad SMARTS) is 1. The Labute approximate surface area is 133 Å². The average molecular weight is 308 g/mol. The van der Waals surface area contributed by atoms with Crippen LogP contribution in [0.1, 0.15) is 27.3 Å². The van der Waals surface area contributed by atoms with Gasteiger partial charge in [-0.15, -0.1) is 0 Å². The van der Waals surface area contributed by atoms with Crippen LogP contribution in [0.3, 0.4) is 0 Å². The molecule has 6 nitrogen and oxygen atoms in total. The Morgan fingerprint density at radius 3 is 2.35 bits per heavy atom. The molecule has 0 bridgehead atoms. The van der Waals surface area contributed by atoms with Crippen LogP contribution in [0.25, 0.3) is 17.2 Å². The van der Waals surface area contributed by atoms with Gasteiger partial charge < -0.3 is 5.11 Å². The number of benzene rings is 1. The van der Waals surface area contributed by atoms with E-state index in [-0.39, 0.29) is 5.69 Å². The van der Waals surface area contributed by atoms with Gasteiger partial charge in [0.1, 0.15) is 0 Å². The molecule has 0 fully saturated rings. The van der Waals surface area contributed by atoms with Crippen molar-refractivity contribution in [3.8, 4) is 17.2 Å². The van der Waals surface area contributed by atoms with Gasteiger partial charge in [-0.25, -0.2) is 19.4 Å². The van der Waals surface area contributed by atoms with E-state index >= 15 is 0 Å². The number of carboxylic acids is 1. The molecule has 3 rings (SSSR count). The topological polar surface area (TPSA) is 80.9 Å². The Hall–Kier alpha value is -3.02. The molecule has 0 aliphatic rings. The van der Waals surface area contributed by atoms with Gasteiger partial charge in [0, 0.05) is 23.0 Å². The Balaban J connectivity index is 2.13. The molecule has 0 aliphatic carbocycles. The first-order valence-corrected chi connectivity index (χ1v) is 7.17. The summed E-state index contributed by atoms with van der Waals surface area (Å²) in [6.45, 7) is 5.82. The molecule has 2 heterocycles. The second-order valence-electron chi connectivity index (χ2n) is 5.40. The molecule has 1 N–H and O–H groups in total. The zero-order chi connectivity index (χ0) is 16.6. The van der Waals surface area contributed by atoms with Crippen molar-refractivity contribution in [2.45, 2.75) is 20.8 Å². The van der Waals surface area contributed by atoms with Crippen molar-refractivity contribution in [3.63, 3.8) is 0 Å². The van der Waals surface area contributed by atoms with Crippen LogP contribution in [0, 0.1) is 20.8 Å². The lowest BCUT2D eigenvalue weighted by molar-refractivity contribution is 0.0690. The van der Waals surface area contributed by atoms with Crippen molar-refractivity contribution in [2.75, 3.05) is 0 Å². The molecule has 0 aliphatic heterocycles. The smallest absolute Gasteiger partial charge is 0.356 e. The predicted molar refractivity (Wildman–Crippen MR) is 85.8 cm³/mol. The molecule has 0 radical (unpaired) electrons. The molecule has 3 aromatic rings. The van der Waals surface area contributed by atoms with Gasteiger partial charge in [0.15, 0.2) is 17.3 Å². The van der Waals surface area contributed by atoms with E-state index in [9.17, 15) is 4.79 Å². The number of aromatic nitrogens is 4. The Morgan fingerprint density at radius 1 is 1.04 bits per heavy atom. The van der Waals surface area contributed by atoms with E-state index in [0.717, 1.165) is 22.4 Å². The molecule has 0 saturated carbocycles. The maximum Gasteiger partial charge on any atom is 0.356 e. The fourth-order valence-electron chi connectivity index (χ4n) is 2.22. The molecular weight excluding hydrogens is 292 g/mol. The van der Waals surface area contributed by atoms with Crippen molar-refractivity contribution in [2.24, 2.45) is 0 Å². The number of aryl methyl sites for hydroxylation is 2. The highest BCUT2D eigenvalue weighted by Gasteiger charge is 2.14. The Bertz CT molecular complexity index is 882. The van der Waals surface area contributed by atoms with E-state index in [1.165, 1.54) is 10.7 Å². The molecule has 116 valence electrons. The molecule has 0 saturated heterocycles. The molecule has 23 heavy (non-hydrogen) atoms. The molecule has 1 aromatic carbocycles. The van der Waals surface area contributed by atoms with E-state index in [1.807, 2.05) is 45.0 Å². The lowest BCUT2D eigenvalue weighted by atomic mass is 10.1. The second kappa shape index (κ2) is 5.64. The van der Waals surface area contributed by atoms with Gasteiger partial charge in [0.05, 0.1) is 0 Å². The van der Waals surface area contributed by atoms with Gasteiger partial charge in [-0.1, -0.05) is 29.8 Å². The summed E-state index contributed by atoms with van der Waals surface area (Å²) >= 11 is 0. The standard InChI is InChI=1S/C17H16N4O2/c1-10-4-6-13(7-5-10)15-18-12(3)11(2)16(19-15)21-9-8-14(20-21)17(22)23/h4-9H,1-3H3,(H,22,23). The normalized spacial score (nSPS) is 10.7. The summed E-state index contributed by atoms with van der Waals surface area (Å²) < 4.78 is 1.48. The summed E-state index contributed by atoms with van der Waals surface area (Å²) in [5, 5.41) is 13.1. The molecule has 0 amide bonds. The van der Waals surface area contributed by atoms with Crippen molar-refractivity contribution < 1.29 is 9.90 Å². The Kier molecular flexibility index (Phi) is 3.65. The van der Waals surface area contributed by atoms with Crippen LogP contribution in [0.2, 0.25) is 0 Å². The number of carbonyl (C=O) groups is 1. The van der Waals surface area contributed by atoms with E-state index < -0.39 is 5.97 Å². The fourth-order valence-corrected chi connectivity index (χ4v) is 2.22. The lowest BCUT2D eigenvalue weighted by Gasteiger charge is -2.10. The molecule has 6 heteroatoms. The zero-order valence-electron chi connectivity index (χ0n) is 13.1. The van der Waals surface area contributed by atoms with Crippen molar-refractivity contribution in [1.29, 1.82) is 0 Å². The van der Waals surface area contributed by atoms with Gasteiger partial charge in [-0.05, 0) is 26.8 Å². The van der Waals surface area contributed by atoms with Gasteiger partial charge >= 0.3 is 5.97 Å². The number of rotatable bonds is 3. The largest absolute Gasteiger partial charge is 0.476 e. The summed E-state index contributed by atoms with van der Waals surface area (Å²) in [7, 11) is 0. The van der Waals surface area contributed by atoms with Crippen molar-refractivity contribution in [1.82, 2.24) is 19.7 Å². The second-order valence-corrected chi connectivity index (χ2v) is 5.40. The van der Waals surface area contributed by atoms with E-state index in [0.29, 0.717) is 11.6 Å². The first kappa shape index (κ1) is 14.9. The van der Waals surface area contributed by atoms with E-state index in [4.69, 9.17) is 5.11 Å². The molecular formula is C17H16N4O2. The SMILES string of the molecule is Cc1ccc(-c2nc(C)c(C)c(-n3ccc(C(=O)O)n3)n2)cc1. The van der Waals surface area contributed by atoms with Crippen LogP contribution in [0.15, 0.2) is 36.5 Å². The van der Waals surface area contributed by atoms with Crippen LogP contribution < -0.4 is 0 Å². The molecule has 0 spiro atoms. The minimum Gasteiger partial charge on any atom is -0.476 e. The van der Waals surface area contributed by atoms with Crippen molar-refractivity contribution in [3.05, 3.63) is 59.0 Å². The highest BCUT2D eigenvalue weighted by Crippen LogP contribution is 2.21. The van der Waals surface area contributed by atoms with Gasteiger partial charge in [0.25, 0.3) is 0 Å². The minimum atomic E-state index is -1.06. The van der Waals surface area contributed by atoms with Gasteiger partial charge in [0.2, 0.25) is 0 Å². The molecule has 0 unspecified atom stereocenters. The fraction of sp³-hybridized carbons (Fsp3) is 0.176. The maximum atomic E-state index is 11.0. The highest BCUT2D eigenvalue weighted by atomic mass is 16.4. The first-order valence-electron chi connectivity index (χ1n) is 7.17. The predicted octanol–water partition coefficient (Wildman–Crippen LogP) is 2.95. The summed E-state index contributed by atoms with van der Waals surface area (Å²) in [4.78, 5) is 20.1. The first-order chi connectivity index (χ1) is 11.0. The summed E-state index contributed by atoms with van der Waals surface area (Å²) in [5.74, 6) is 0.113. The number of nitrogens with zero attached hydrogens (tertiary/aromatic N) is 4. The zero-order valence-corrected chi connectivity index (χ0v) is 13.1. The Morgan fingerprint density at radius 2 is 1.74 bits per heavy atom. The van der Waals surface area contributed by atoms with Crippen LogP contribution in [-0.2, 0) is 0 Å². The van der Waals surface area contributed by atoms with Crippen LogP contribution in [0.5, 0.6) is 0 Å². The molecule has 2 aromatic heterocycles. The number of aromatic carboxylic acids is 1. The summed E-state index contributed by atoms with van der Waals surface area (Å²) in [6, 6.07) is 9.39. The van der Waals surface area contributed by atoms with Crippen molar-refractivity contribution >= 4 is 5.97 Å². The summed E-state index contributed by atoms with van der Waals surface area (Å²) in [6.07, 6.45) is 1.59. The lowest BCUT2D eigenvalue weighted by Crippen LogP contribution is -2.08. The highest BCUT2D eigenvalue weighted by molar-refractivity contribution is 5.85. The third kappa shape index (κ3) is 2.83. The molecule has 0 atom stereocenters. The van der Waals surface area contributed by atoms with E-state index in [1.54, 1.807) is 6.20 Å². The quantitative estimate of drug-likeness (QED) is 0.804. The monoisotopic (exact) mass is 308 g/mol.